The van der Waals surface area contributed by atoms with E-state index >= 15 is 0 Å². The highest BCUT2D eigenvalue weighted by Crippen LogP contribution is 2.58. The molecule has 0 aromatic carbocycles. The molecule has 5 atom stereocenters. The summed E-state index contributed by atoms with van der Waals surface area (Å²) < 4.78 is 5.51. The summed E-state index contributed by atoms with van der Waals surface area (Å²) in [6.07, 6.45) is 4.38. The highest BCUT2D eigenvalue weighted by molar-refractivity contribution is 5.09. The summed E-state index contributed by atoms with van der Waals surface area (Å²) in [5.74, 6) is 2.90. The monoisotopic (exact) mass is 124 g/mol. The van der Waals surface area contributed by atoms with Crippen molar-refractivity contribution in [1.82, 2.24) is 0 Å². The van der Waals surface area contributed by atoms with Crippen LogP contribution < -0.4 is 0 Å². The fourth-order valence-corrected chi connectivity index (χ4v) is 2.92. The zero-order chi connectivity index (χ0) is 6.01. The first kappa shape index (κ1) is 4.73. The minimum atomic E-state index is 0.721. The van der Waals surface area contributed by atoms with E-state index in [-0.39, 0.29) is 0 Å². The number of hydrogen-bond donors (Lipinski definition) is 0. The molecular weight excluding hydrogens is 112 g/mol. The maximum absolute atomic E-state index is 5.51. The second-order valence-electron chi connectivity index (χ2n) is 3.94. The van der Waals surface area contributed by atoms with Gasteiger partial charge in [0.15, 0.2) is 0 Å². The Bertz CT molecular complexity index is 151. The highest BCUT2D eigenvalue weighted by atomic mass is 16.6. The molecule has 0 aromatic rings. The maximum atomic E-state index is 5.51. The normalized spacial score (nSPS) is 68.3. The van der Waals surface area contributed by atoms with Crippen LogP contribution in [-0.4, -0.2) is 12.2 Å². The lowest BCUT2D eigenvalue weighted by molar-refractivity contribution is 0.254. The molecule has 3 aliphatic rings. The summed E-state index contributed by atoms with van der Waals surface area (Å²) in [6, 6.07) is 0. The quantitative estimate of drug-likeness (QED) is 0.445. The predicted octanol–water partition coefficient (Wildman–Crippen LogP) is 1.43. The first-order chi connectivity index (χ1) is 4.36. The van der Waals surface area contributed by atoms with E-state index in [2.05, 4.69) is 6.92 Å². The fraction of sp³-hybridized carbons (Fsp3) is 1.00. The third kappa shape index (κ3) is 0.420. The minimum Gasteiger partial charge on any atom is -0.369 e. The van der Waals surface area contributed by atoms with E-state index in [0.717, 1.165) is 30.0 Å². The minimum absolute atomic E-state index is 0.721. The third-order valence-corrected chi connectivity index (χ3v) is 3.43. The van der Waals surface area contributed by atoms with Crippen LogP contribution in [0.5, 0.6) is 0 Å². The smallest absolute Gasteiger partial charge is 0.0875 e. The number of epoxide rings is 1. The second kappa shape index (κ2) is 1.20. The van der Waals surface area contributed by atoms with E-state index in [0.29, 0.717) is 0 Å². The molecule has 1 aliphatic heterocycles. The van der Waals surface area contributed by atoms with Crippen molar-refractivity contribution < 1.29 is 4.74 Å². The van der Waals surface area contributed by atoms with Gasteiger partial charge in [-0.3, -0.25) is 0 Å². The van der Waals surface area contributed by atoms with Gasteiger partial charge in [0.2, 0.25) is 0 Å². The van der Waals surface area contributed by atoms with Crippen molar-refractivity contribution in [3.8, 4) is 0 Å². The van der Waals surface area contributed by atoms with Gasteiger partial charge in [-0.25, -0.2) is 0 Å². The van der Waals surface area contributed by atoms with Gasteiger partial charge in [0, 0.05) is 0 Å². The molecule has 2 bridgehead atoms. The number of rotatable bonds is 0. The number of hydrogen-bond acceptors (Lipinski definition) is 1. The summed E-state index contributed by atoms with van der Waals surface area (Å²) in [7, 11) is 0. The molecule has 2 unspecified atom stereocenters. The second-order valence-corrected chi connectivity index (χ2v) is 3.94. The lowest BCUT2D eigenvalue weighted by Crippen LogP contribution is -2.14. The van der Waals surface area contributed by atoms with Crippen LogP contribution in [0.25, 0.3) is 0 Å². The van der Waals surface area contributed by atoms with Crippen molar-refractivity contribution in [2.45, 2.75) is 32.0 Å². The highest BCUT2D eigenvalue weighted by Gasteiger charge is 2.61. The summed E-state index contributed by atoms with van der Waals surface area (Å²) in [5.41, 5.74) is 0. The molecule has 3 fully saturated rings. The van der Waals surface area contributed by atoms with Gasteiger partial charge in [0.05, 0.1) is 12.2 Å². The van der Waals surface area contributed by atoms with Crippen molar-refractivity contribution >= 4 is 0 Å². The average Bonchev–Trinajstić information content (AvgIpc) is 2.46. The van der Waals surface area contributed by atoms with E-state index in [1.807, 2.05) is 0 Å². The van der Waals surface area contributed by atoms with E-state index in [1.54, 1.807) is 0 Å². The molecule has 1 saturated heterocycles. The van der Waals surface area contributed by atoms with Crippen LogP contribution in [-0.2, 0) is 4.74 Å². The molecule has 0 amide bonds. The van der Waals surface area contributed by atoms with E-state index in [4.69, 9.17) is 4.74 Å². The Labute approximate surface area is 55.4 Å². The zero-order valence-corrected chi connectivity index (χ0v) is 5.71. The lowest BCUT2D eigenvalue weighted by atomic mass is 9.91. The van der Waals surface area contributed by atoms with Crippen molar-refractivity contribution in [2.75, 3.05) is 0 Å². The topological polar surface area (TPSA) is 12.5 Å². The summed E-state index contributed by atoms with van der Waals surface area (Å²) >= 11 is 0. The predicted molar refractivity (Wildman–Crippen MR) is 34.0 cm³/mol. The van der Waals surface area contributed by atoms with Gasteiger partial charge in [0.25, 0.3) is 0 Å². The van der Waals surface area contributed by atoms with Crippen LogP contribution in [0.1, 0.15) is 19.8 Å². The Kier molecular flexibility index (Phi) is 0.628. The summed E-state index contributed by atoms with van der Waals surface area (Å²) in [5, 5.41) is 0. The average molecular weight is 124 g/mol. The Morgan fingerprint density at radius 1 is 1.22 bits per heavy atom. The van der Waals surface area contributed by atoms with Crippen molar-refractivity contribution in [1.29, 1.82) is 0 Å². The van der Waals surface area contributed by atoms with Gasteiger partial charge in [-0.2, -0.15) is 0 Å². The lowest BCUT2D eigenvalue weighted by Gasteiger charge is -2.11. The van der Waals surface area contributed by atoms with Crippen LogP contribution in [0.4, 0.5) is 0 Å². The Hall–Kier alpha value is -0.0400. The molecule has 9 heavy (non-hydrogen) atoms. The van der Waals surface area contributed by atoms with Crippen LogP contribution in [0.15, 0.2) is 0 Å². The van der Waals surface area contributed by atoms with Crippen LogP contribution in [0.2, 0.25) is 0 Å². The molecule has 2 saturated carbocycles. The Morgan fingerprint density at radius 2 is 2.11 bits per heavy atom. The maximum Gasteiger partial charge on any atom is 0.0875 e. The molecule has 1 heterocycles. The van der Waals surface area contributed by atoms with Gasteiger partial charge in [-0.15, -0.1) is 0 Å². The molecule has 0 radical (unpaired) electrons. The van der Waals surface area contributed by atoms with Crippen LogP contribution in [0, 0.1) is 17.8 Å². The Morgan fingerprint density at radius 3 is 2.67 bits per heavy atom. The van der Waals surface area contributed by atoms with Crippen molar-refractivity contribution in [3.63, 3.8) is 0 Å². The van der Waals surface area contributed by atoms with Gasteiger partial charge >= 0.3 is 0 Å². The van der Waals surface area contributed by atoms with Gasteiger partial charge in [0.1, 0.15) is 0 Å². The van der Waals surface area contributed by atoms with Gasteiger partial charge in [-0.05, 0) is 30.6 Å². The third-order valence-electron chi connectivity index (χ3n) is 3.43. The standard InChI is InChI=1S/C8H12O/c1-4-2-5-3-6(4)8-7(5)9-8/h4-8H,2-3H2,1H3/t4-,5-,6-,7?,8?/m0/s1. The van der Waals surface area contributed by atoms with E-state index < -0.39 is 0 Å². The first-order valence-electron chi connectivity index (χ1n) is 4.02. The van der Waals surface area contributed by atoms with E-state index in [9.17, 15) is 0 Å². The van der Waals surface area contributed by atoms with Crippen molar-refractivity contribution in [3.05, 3.63) is 0 Å². The molecule has 0 aromatic heterocycles. The molecule has 3 rings (SSSR count). The molecule has 0 N–H and O–H groups in total. The van der Waals surface area contributed by atoms with Crippen LogP contribution in [0.3, 0.4) is 0 Å². The molecule has 50 valence electrons. The van der Waals surface area contributed by atoms with Crippen LogP contribution >= 0.6 is 0 Å². The molecule has 2 aliphatic carbocycles. The summed E-state index contributed by atoms with van der Waals surface area (Å²) in [6.45, 7) is 2.38. The number of ether oxygens (including phenoxy) is 1. The van der Waals surface area contributed by atoms with Gasteiger partial charge < -0.3 is 4.74 Å². The largest absolute Gasteiger partial charge is 0.369 e. The molecule has 0 spiro atoms. The molecule has 1 heteroatoms. The SMILES string of the molecule is C[C@H]1C[C@H]2C[C@@H]1C1OC12. The molecular formula is C8H12O. The van der Waals surface area contributed by atoms with Gasteiger partial charge in [-0.1, -0.05) is 6.92 Å². The van der Waals surface area contributed by atoms with Crippen molar-refractivity contribution in [2.24, 2.45) is 17.8 Å². The zero-order valence-electron chi connectivity index (χ0n) is 5.71. The molecule has 1 nitrogen and oxygen atoms in total. The summed E-state index contributed by atoms with van der Waals surface area (Å²) in [4.78, 5) is 0. The fourth-order valence-electron chi connectivity index (χ4n) is 2.92. The Balaban J connectivity index is 1.96. The van der Waals surface area contributed by atoms with E-state index in [1.165, 1.54) is 12.8 Å². The first-order valence-corrected chi connectivity index (χ1v) is 4.02. The number of fused-ring (bicyclic) bond motifs is 5.